The Bertz CT molecular complexity index is 522. The average molecular weight is 262 g/mol. The van der Waals surface area contributed by atoms with Crippen LogP contribution in [0.5, 0.6) is 5.75 Å². The fourth-order valence-electron chi connectivity index (χ4n) is 1.75. The van der Waals surface area contributed by atoms with Gasteiger partial charge in [-0.25, -0.2) is 4.98 Å². The zero-order valence-electron chi connectivity index (χ0n) is 10.8. The van der Waals surface area contributed by atoms with E-state index in [2.05, 4.69) is 18.0 Å². The number of ether oxygens (including phenoxy) is 1. The first-order chi connectivity index (χ1) is 8.69. The van der Waals surface area contributed by atoms with Crippen molar-refractivity contribution in [2.75, 3.05) is 6.61 Å². The maximum absolute atomic E-state index is 5.71. The van der Waals surface area contributed by atoms with E-state index in [0.29, 0.717) is 13.2 Å². The van der Waals surface area contributed by atoms with Crippen LogP contribution in [0.4, 0.5) is 0 Å². The van der Waals surface area contributed by atoms with Gasteiger partial charge >= 0.3 is 0 Å². The van der Waals surface area contributed by atoms with Crippen molar-refractivity contribution in [1.29, 1.82) is 0 Å². The summed E-state index contributed by atoms with van der Waals surface area (Å²) in [7, 11) is 0. The summed E-state index contributed by atoms with van der Waals surface area (Å²) in [6.07, 6.45) is 0.833. The van der Waals surface area contributed by atoms with Gasteiger partial charge in [0.15, 0.2) is 0 Å². The van der Waals surface area contributed by atoms with Crippen molar-refractivity contribution in [1.82, 2.24) is 4.98 Å². The molecule has 18 heavy (non-hydrogen) atoms. The minimum atomic E-state index is 0.572. The van der Waals surface area contributed by atoms with Crippen LogP contribution < -0.4 is 10.5 Å². The van der Waals surface area contributed by atoms with Crippen LogP contribution in [0.15, 0.2) is 24.3 Å². The molecule has 1 aromatic carbocycles. The number of rotatable bonds is 5. The molecule has 0 spiro atoms. The van der Waals surface area contributed by atoms with Crippen molar-refractivity contribution >= 4 is 11.3 Å². The van der Waals surface area contributed by atoms with Crippen LogP contribution in [-0.2, 0) is 13.0 Å². The number of thiazole rings is 1. The summed E-state index contributed by atoms with van der Waals surface area (Å²) in [6, 6.07) is 8.08. The first kappa shape index (κ1) is 13.1. The number of aryl methyl sites for hydroxylation is 2. The van der Waals surface area contributed by atoms with E-state index in [1.165, 1.54) is 10.4 Å². The molecule has 2 N–H and O–H groups in total. The number of hydrogen-bond acceptors (Lipinski definition) is 4. The van der Waals surface area contributed by atoms with Gasteiger partial charge in [-0.2, -0.15) is 0 Å². The summed E-state index contributed by atoms with van der Waals surface area (Å²) in [5.74, 6) is 0.919. The van der Waals surface area contributed by atoms with Gasteiger partial charge in [0.2, 0.25) is 0 Å². The van der Waals surface area contributed by atoms with E-state index in [1.54, 1.807) is 11.3 Å². The number of aromatic nitrogens is 1. The molecule has 96 valence electrons. The largest absolute Gasteiger partial charge is 0.493 e. The molecular formula is C14H18N2OS. The summed E-state index contributed by atoms with van der Waals surface area (Å²) in [5, 5.41) is 1.10. The standard InChI is InChI=1S/C14H18N2OS/c1-10-4-3-5-12(8-10)17-7-6-14-16-11(2)13(9-15)18-14/h3-5,8H,6-7,9,15H2,1-2H3. The van der Waals surface area contributed by atoms with Crippen molar-refractivity contribution in [3.63, 3.8) is 0 Å². The van der Waals surface area contributed by atoms with E-state index in [4.69, 9.17) is 10.5 Å². The monoisotopic (exact) mass is 262 g/mol. The highest BCUT2D eigenvalue weighted by atomic mass is 32.1. The molecule has 4 heteroatoms. The Hall–Kier alpha value is -1.39. The molecule has 0 atom stereocenters. The minimum Gasteiger partial charge on any atom is -0.493 e. The van der Waals surface area contributed by atoms with E-state index in [-0.39, 0.29) is 0 Å². The molecule has 0 fully saturated rings. The van der Waals surface area contributed by atoms with Crippen molar-refractivity contribution < 1.29 is 4.74 Å². The smallest absolute Gasteiger partial charge is 0.119 e. The average Bonchev–Trinajstić information content (AvgIpc) is 2.70. The Morgan fingerprint density at radius 1 is 1.33 bits per heavy atom. The molecule has 0 aliphatic carbocycles. The fraction of sp³-hybridized carbons (Fsp3) is 0.357. The van der Waals surface area contributed by atoms with Crippen LogP contribution in [0.3, 0.4) is 0 Å². The van der Waals surface area contributed by atoms with Crippen LogP contribution in [0.25, 0.3) is 0 Å². The van der Waals surface area contributed by atoms with Crippen molar-refractivity contribution in [3.05, 3.63) is 45.4 Å². The molecule has 2 rings (SSSR count). The van der Waals surface area contributed by atoms with Crippen LogP contribution in [-0.4, -0.2) is 11.6 Å². The molecule has 1 aromatic heterocycles. The van der Waals surface area contributed by atoms with E-state index >= 15 is 0 Å². The topological polar surface area (TPSA) is 48.1 Å². The van der Waals surface area contributed by atoms with Crippen molar-refractivity contribution in [2.24, 2.45) is 5.73 Å². The van der Waals surface area contributed by atoms with Gasteiger partial charge < -0.3 is 10.5 Å². The van der Waals surface area contributed by atoms with Crippen LogP contribution >= 0.6 is 11.3 Å². The summed E-state index contributed by atoms with van der Waals surface area (Å²) in [6.45, 7) is 5.29. The normalized spacial score (nSPS) is 10.6. The molecule has 0 aliphatic heterocycles. The molecule has 0 saturated heterocycles. The van der Waals surface area contributed by atoms with E-state index in [9.17, 15) is 0 Å². The maximum atomic E-state index is 5.71. The number of hydrogen-bond donors (Lipinski definition) is 1. The van der Waals surface area contributed by atoms with Crippen molar-refractivity contribution in [3.8, 4) is 5.75 Å². The van der Waals surface area contributed by atoms with Gasteiger partial charge in [0.25, 0.3) is 0 Å². The summed E-state index contributed by atoms with van der Waals surface area (Å²) in [5.41, 5.74) is 7.90. The highest BCUT2D eigenvalue weighted by molar-refractivity contribution is 7.11. The molecule has 0 aliphatic rings. The van der Waals surface area contributed by atoms with Gasteiger partial charge in [0.1, 0.15) is 5.75 Å². The Labute approximate surface area is 112 Å². The second kappa shape index (κ2) is 5.98. The molecule has 0 unspecified atom stereocenters. The lowest BCUT2D eigenvalue weighted by Crippen LogP contribution is -2.01. The molecule has 3 nitrogen and oxygen atoms in total. The third-order valence-electron chi connectivity index (χ3n) is 2.70. The van der Waals surface area contributed by atoms with Gasteiger partial charge in [-0.1, -0.05) is 12.1 Å². The predicted octanol–water partition coefficient (Wildman–Crippen LogP) is 2.84. The number of benzene rings is 1. The van der Waals surface area contributed by atoms with Gasteiger partial charge in [-0.15, -0.1) is 11.3 Å². The van der Waals surface area contributed by atoms with E-state index in [1.807, 2.05) is 25.1 Å². The van der Waals surface area contributed by atoms with Crippen LogP contribution in [0.1, 0.15) is 21.1 Å². The maximum Gasteiger partial charge on any atom is 0.119 e. The molecule has 2 aromatic rings. The predicted molar refractivity (Wildman–Crippen MR) is 75.1 cm³/mol. The molecule has 0 radical (unpaired) electrons. The molecule has 0 bridgehead atoms. The van der Waals surface area contributed by atoms with Crippen LogP contribution in [0.2, 0.25) is 0 Å². The molecule has 0 amide bonds. The van der Waals surface area contributed by atoms with Gasteiger partial charge in [-0.3, -0.25) is 0 Å². The van der Waals surface area contributed by atoms with Gasteiger partial charge in [0, 0.05) is 17.8 Å². The third kappa shape index (κ3) is 3.31. The molecular weight excluding hydrogens is 244 g/mol. The quantitative estimate of drug-likeness (QED) is 0.901. The number of nitrogens with two attached hydrogens (primary N) is 1. The van der Waals surface area contributed by atoms with Crippen LogP contribution in [0, 0.1) is 13.8 Å². The van der Waals surface area contributed by atoms with Gasteiger partial charge in [0.05, 0.1) is 17.3 Å². The summed E-state index contributed by atoms with van der Waals surface area (Å²) < 4.78 is 5.71. The highest BCUT2D eigenvalue weighted by Crippen LogP contribution is 2.18. The zero-order chi connectivity index (χ0) is 13.0. The van der Waals surface area contributed by atoms with Crippen molar-refractivity contribution in [2.45, 2.75) is 26.8 Å². The Morgan fingerprint density at radius 2 is 2.17 bits per heavy atom. The Kier molecular flexibility index (Phi) is 4.33. The SMILES string of the molecule is Cc1cccc(OCCc2nc(C)c(CN)s2)c1. The highest BCUT2D eigenvalue weighted by Gasteiger charge is 2.06. The lowest BCUT2D eigenvalue weighted by atomic mass is 10.2. The fourth-order valence-corrected chi connectivity index (χ4v) is 2.67. The third-order valence-corrected chi connectivity index (χ3v) is 3.94. The zero-order valence-corrected chi connectivity index (χ0v) is 11.6. The second-order valence-electron chi connectivity index (χ2n) is 4.24. The lowest BCUT2D eigenvalue weighted by Gasteiger charge is -2.05. The minimum absolute atomic E-state index is 0.572. The Morgan fingerprint density at radius 3 is 2.83 bits per heavy atom. The molecule has 1 heterocycles. The van der Waals surface area contributed by atoms with Gasteiger partial charge in [-0.05, 0) is 31.5 Å². The first-order valence-electron chi connectivity index (χ1n) is 6.03. The lowest BCUT2D eigenvalue weighted by molar-refractivity contribution is 0.321. The second-order valence-corrected chi connectivity index (χ2v) is 5.40. The first-order valence-corrected chi connectivity index (χ1v) is 6.85. The summed E-state index contributed by atoms with van der Waals surface area (Å²) >= 11 is 1.68. The van der Waals surface area contributed by atoms with E-state index in [0.717, 1.165) is 22.9 Å². The van der Waals surface area contributed by atoms with E-state index < -0.39 is 0 Å². The Balaban J connectivity index is 1.88. The number of nitrogens with zero attached hydrogens (tertiary/aromatic N) is 1. The molecule has 0 saturated carbocycles. The summed E-state index contributed by atoms with van der Waals surface area (Å²) in [4.78, 5) is 5.66.